The highest BCUT2D eigenvalue weighted by Gasteiger charge is 2.32. The van der Waals surface area contributed by atoms with Crippen LogP contribution < -0.4 is 5.32 Å². The van der Waals surface area contributed by atoms with Crippen molar-refractivity contribution in [2.24, 2.45) is 11.8 Å². The fraction of sp³-hybridized carbons (Fsp3) is 0.909. The Balaban J connectivity index is 1.88. The highest BCUT2D eigenvalue weighted by molar-refractivity contribution is 5.82. The van der Waals surface area contributed by atoms with E-state index in [1.807, 2.05) is 4.90 Å². The predicted octanol–water partition coefficient (Wildman–Crippen LogP) is 0.853. The van der Waals surface area contributed by atoms with E-state index in [0.717, 1.165) is 32.0 Å². The molecule has 1 N–H and O–H groups in total. The van der Waals surface area contributed by atoms with Crippen LogP contribution in [0.5, 0.6) is 0 Å². The third-order valence-electron chi connectivity index (χ3n) is 3.77. The SMILES string of the molecule is CC1CCN(C(=O)C2CCN2)CC1C. The lowest BCUT2D eigenvalue weighted by Crippen LogP contribution is -2.56. The zero-order valence-corrected chi connectivity index (χ0v) is 9.12. The maximum Gasteiger partial charge on any atom is 0.239 e. The number of carbonyl (C=O) groups is 1. The molecule has 0 aromatic carbocycles. The molecule has 2 fully saturated rings. The monoisotopic (exact) mass is 196 g/mol. The summed E-state index contributed by atoms with van der Waals surface area (Å²) in [7, 11) is 0. The van der Waals surface area contributed by atoms with Crippen LogP contribution in [0.3, 0.4) is 0 Å². The van der Waals surface area contributed by atoms with Gasteiger partial charge in [0.1, 0.15) is 0 Å². The van der Waals surface area contributed by atoms with Crippen molar-refractivity contribution in [3.63, 3.8) is 0 Å². The zero-order valence-electron chi connectivity index (χ0n) is 9.12. The first-order valence-electron chi connectivity index (χ1n) is 5.70. The van der Waals surface area contributed by atoms with E-state index >= 15 is 0 Å². The summed E-state index contributed by atoms with van der Waals surface area (Å²) < 4.78 is 0. The first kappa shape index (κ1) is 9.97. The molecule has 2 aliphatic rings. The van der Waals surface area contributed by atoms with Crippen LogP contribution in [0.15, 0.2) is 0 Å². The highest BCUT2D eigenvalue weighted by atomic mass is 16.2. The number of hydrogen-bond acceptors (Lipinski definition) is 2. The van der Waals surface area contributed by atoms with Crippen LogP contribution in [0, 0.1) is 11.8 Å². The number of nitrogens with zero attached hydrogens (tertiary/aromatic N) is 1. The van der Waals surface area contributed by atoms with E-state index in [1.165, 1.54) is 6.42 Å². The molecule has 3 heteroatoms. The van der Waals surface area contributed by atoms with Crippen LogP contribution in [0.1, 0.15) is 26.7 Å². The van der Waals surface area contributed by atoms with Crippen LogP contribution in [0.2, 0.25) is 0 Å². The smallest absolute Gasteiger partial charge is 0.239 e. The molecule has 14 heavy (non-hydrogen) atoms. The Morgan fingerprint density at radius 3 is 2.50 bits per heavy atom. The lowest BCUT2D eigenvalue weighted by Gasteiger charge is -2.39. The van der Waals surface area contributed by atoms with Gasteiger partial charge in [0.15, 0.2) is 0 Å². The van der Waals surface area contributed by atoms with Gasteiger partial charge in [0, 0.05) is 13.1 Å². The van der Waals surface area contributed by atoms with Gasteiger partial charge in [0.05, 0.1) is 6.04 Å². The summed E-state index contributed by atoms with van der Waals surface area (Å²) in [5.41, 5.74) is 0. The van der Waals surface area contributed by atoms with Gasteiger partial charge >= 0.3 is 0 Å². The number of carbonyl (C=O) groups excluding carboxylic acids is 1. The van der Waals surface area contributed by atoms with Gasteiger partial charge in [-0.15, -0.1) is 0 Å². The molecule has 0 radical (unpaired) electrons. The molecule has 2 aliphatic heterocycles. The van der Waals surface area contributed by atoms with Gasteiger partial charge in [-0.05, 0) is 31.2 Å². The van der Waals surface area contributed by atoms with Crippen LogP contribution in [-0.2, 0) is 4.79 Å². The van der Waals surface area contributed by atoms with Gasteiger partial charge in [0.2, 0.25) is 5.91 Å². The molecule has 0 aromatic rings. The van der Waals surface area contributed by atoms with Crippen molar-refractivity contribution in [3.8, 4) is 0 Å². The standard InChI is InChI=1S/C11H20N2O/c1-8-4-6-13(7-9(8)2)11(14)10-3-5-12-10/h8-10,12H,3-7H2,1-2H3. The normalized spacial score (nSPS) is 37.9. The van der Waals surface area contributed by atoms with Gasteiger partial charge in [-0.1, -0.05) is 13.8 Å². The van der Waals surface area contributed by atoms with Crippen molar-refractivity contribution in [2.45, 2.75) is 32.7 Å². The summed E-state index contributed by atoms with van der Waals surface area (Å²) in [5, 5.41) is 3.18. The second kappa shape index (κ2) is 3.89. The first-order valence-corrected chi connectivity index (χ1v) is 5.70. The minimum Gasteiger partial charge on any atom is -0.341 e. The number of amides is 1. The molecule has 3 atom stereocenters. The molecule has 2 heterocycles. The third kappa shape index (κ3) is 1.78. The summed E-state index contributed by atoms with van der Waals surface area (Å²) in [6.45, 7) is 7.46. The van der Waals surface area contributed by atoms with Gasteiger partial charge in [-0.25, -0.2) is 0 Å². The van der Waals surface area contributed by atoms with Gasteiger partial charge < -0.3 is 10.2 Å². The quantitative estimate of drug-likeness (QED) is 0.674. The van der Waals surface area contributed by atoms with E-state index in [9.17, 15) is 4.79 Å². The molecule has 80 valence electrons. The average molecular weight is 196 g/mol. The summed E-state index contributed by atoms with van der Waals surface area (Å²) >= 11 is 0. The van der Waals surface area contributed by atoms with Crippen molar-refractivity contribution in [1.29, 1.82) is 0 Å². The van der Waals surface area contributed by atoms with Gasteiger partial charge in [-0.2, -0.15) is 0 Å². The molecule has 0 saturated carbocycles. The number of rotatable bonds is 1. The molecule has 0 aromatic heterocycles. The van der Waals surface area contributed by atoms with E-state index in [0.29, 0.717) is 11.8 Å². The largest absolute Gasteiger partial charge is 0.341 e. The zero-order chi connectivity index (χ0) is 10.1. The maximum atomic E-state index is 11.9. The second-order valence-corrected chi connectivity index (χ2v) is 4.82. The van der Waals surface area contributed by atoms with Crippen molar-refractivity contribution < 1.29 is 4.79 Å². The highest BCUT2D eigenvalue weighted by Crippen LogP contribution is 2.23. The van der Waals surface area contributed by atoms with Crippen LogP contribution in [-0.4, -0.2) is 36.5 Å². The minimum absolute atomic E-state index is 0.135. The maximum absolute atomic E-state index is 11.9. The summed E-state index contributed by atoms with van der Waals surface area (Å²) in [6.07, 6.45) is 2.19. The number of hydrogen-bond donors (Lipinski definition) is 1. The Kier molecular flexibility index (Phi) is 2.77. The molecule has 0 aliphatic carbocycles. The molecule has 3 nitrogen and oxygen atoms in total. The van der Waals surface area contributed by atoms with Crippen molar-refractivity contribution in [2.75, 3.05) is 19.6 Å². The third-order valence-corrected chi connectivity index (χ3v) is 3.77. The van der Waals surface area contributed by atoms with Crippen molar-refractivity contribution >= 4 is 5.91 Å². The Bertz CT molecular complexity index is 225. The average Bonchev–Trinajstić information content (AvgIpc) is 2.06. The van der Waals surface area contributed by atoms with Crippen LogP contribution in [0.25, 0.3) is 0 Å². The molecule has 3 unspecified atom stereocenters. The van der Waals surface area contributed by atoms with E-state index in [1.54, 1.807) is 0 Å². The molecule has 2 rings (SSSR count). The molecule has 0 bridgehead atoms. The van der Waals surface area contributed by atoms with Crippen LogP contribution >= 0.6 is 0 Å². The van der Waals surface area contributed by atoms with Crippen molar-refractivity contribution in [3.05, 3.63) is 0 Å². The fourth-order valence-electron chi connectivity index (χ4n) is 2.18. The minimum atomic E-state index is 0.135. The Morgan fingerprint density at radius 1 is 1.29 bits per heavy atom. The first-order chi connectivity index (χ1) is 6.68. The van der Waals surface area contributed by atoms with Crippen molar-refractivity contribution in [1.82, 2.24) is 10.2 Å². The second-order valence-electron chi connectivity index (χ2n) is 4.82. The molecular weight excluding hydrogens is 176 g/mol. The van der Waals surface area contributed by atoms with E-state index < -0.39 is 0 Å². The predicted molar refractivity (Wildman–Crippen MR) is 55.9 cm³/mol. The Labute approximate surface area is 85.8 Å². The molecule has 0 spiro atoms. The van der Waals surface area contributed by atoms with E-state index in [2.05, 4.69) is 19.2 Å². The number of nitrogens with one attached hydrogen (secondary N) is 1. The summed E-state index contributed by atoms with van der Waals surface area (Å²) in [5.74, 6) is 1.76. The Morgan fingerprint density at radius 2 is 2.00 bits per heavy atom. The Hall–Kier alpha value is -0.570. The summed E-state index contributed by atoms with van der Waals surface area (Å²) in [4.78, 5) is 13.9. The van der Waals surface area contributed by atoms with Crippen LogP contribution in [0.4, 0.5) is 0 Å². The van der Waals surface area contributed by atoms with Gasteiger partial charge in [0.25, 0.3) is 0 Å². The van der Waals surface area contributed by atoms with Gasteiger partial charge in [-0.3, -0.25) is 4.79 Å². The number of likely N-dealkylation sites (tertiary alicyclic amines) is 1. The lowest BCUT2D eigenvalue weighted by atomic mass is 9.88. The number of piperidine rings is 1. The molecule has 1 amide bonds. The van der Waals surface area contributed by atoms with E-state index in [-0.39, 0.29) is 6.04 Å². The molecular formula is C11H20N2O. The molecule has 2 saturated heterocycles. The topological polar surface area (TPSA) is 32.3 Å². The van der Waals surface area contributed by atoms with E-state index in [4.69, 9.17) is 0 Å². The lowest BCUT2D eigenvalue weighted by molar-refractivity contribution is -0.137. The fourth-order valence-corrected chi connectivity index (χ4v) is 2.18. The summed E-state index contributed by atoms with van der Waals surface area (Å²) in [6, 6.07) is 0.135.